The topological polar surface area (TPSA) is 84.0 Å². The smallest absolute Gasteiger partial charge is 0.325 e. The number of nitrogens with one attached hydrogen (secondary N) is 1. The lowest BCUT2D eigenvalue weighted by Crippen LogP contribution is -2.40. The van der Waals surface area contributed by atoms with Crippen LogP contribution in [0.15, 0.2) is 42.7 Å². The van der Waals surface area contributed by atoms with Crippen LogP contribution in [0.2, 0.25) is 0 Å². The Balaban J connectivity index is 1.30. The number of nitrogens with zero attached hydrogens (tertiary/aromatic N) is 3. The Bertz CT molecular complexity index is 859. The number of pyridine rings is 1. The van der Waals surface area contributed by atoms with Crippen molar-refractivity contribution in [3.05, 3.63) is 48.3 Å². The fourth-order valence-corrected chi connectivity index (χ4v) is 3.29. The highest BCUT2D eigenvalue weighted by Gasteiger charge is 2.31. The molecule has 1 aromatic heterocycles. The van der Waals surface area contributed by atoms with Gasteiger partial charge in [-0.05, 0) is 36.2 Å². The average molecular weight is 382 g/mol. The summed E-state index contributed by atoms with van der Waals surface area (Å²) in [7, 11) is 0. The molecule has 0 saturated carbocycles. The normalized spacial score (nSPS) is 15.6. The van der Waals surface area contributed by atoms with Gasteiger partial charge in [-0.2, -0.15) is 0 Å². The maximum Gasteiger partial charge on any atom is 0.325 e. The summed E-state index contributed by atoms with van der Waals surface area (Å²) >= 11 is 0. The number of ether oxygens (including phenoxy) is 2. The Labute approximate surface area is 163 Å². The Hall–Kier alpha value is -3.29. The number of fused-ring (bicyclic) bond motifs is 1. The molecule has 8 heteroatoms. The molecule has 0 bridgehead atoms. The van der Waals surface area contributed by atoms with Gasteiger partial charge in [0.25, 0.3) is 0 Å². The van der Waals surface area contributed by atoms with Crippen molar-refractivity contribution in [3.63, 3.8) is 0 Å². The third-order valence-electron chi connectivity index (χ3n) is 4.75. The summed E-state index contributed by atoms with van der Waals surface area (Å²) in [5.41, 5.74) is 1.85. The lowest BCUT2D eigenvalue weighted by atomic mass is 10.2. The minimum atomic E-state index is -0.180. The largest absolute Gasteiger partial charge is 0.486 e. The number of benzene rings is 1. The molecule has 1 aromatic carbocycles. The second-order valence-electron chi connectivity index (χ2n) is 6.64. The number of carbonyl (C=O) groups excluding carboxylic acids is 2. The first-order valence-corrected chi connectivity index (χ1v) is 9.32. The Morgan fingerprint density at radius 2 is 1.86 bits per heavy atom. The van der Waals surface area contributed by atoms with Crippen molar-refractivity contribution in [2.75, 3.05) is 44.3 Å². The van der Waals surface area contributed by atoms with Crippen LogP contribution in [0.1, 0.15) is 5.56 Å². The number of hydrogen-bond donors (Lipinski definition) is 1. The van der Waals surface area contributed by atoms with Crippen LogP contribution in [0.3, 0.4) is 0 Å². The van der Waals surface area contributed by atoms with Crippen molar-refractivity contribution in [2.45, 2.75) is 6.42 Å². The number of hydrogen-bond acceptors (Lipinski definition) is 5. The highest BCUT2D eigenvalue weighted by molar-refractivity contribution is 5.96. The van der Waals surface area contributed by atoms with Crippen molar-refractivity contribution in [3.8, 4) is 11.5 Å². The zero-order valence-electron chi connectivity index (χ0n) is 15.5. The minimum absolute atomic E-state index is 0.0518. The van der Waals surface area contributed by atoms with Crippen LogP contribution >= 0.6 is 0 Å². The first-order valence-electron chi connectivity index (χ1n) is 9.32. The van der Waals surface area contributed by atoms with E-state index >= 15 is 0 Å². The van der Waals surface area contributed by atoms with Gasteiger partial charge in [-0.15, -0.1) is 0 Å². The van der Waals surface area contributed by atoms with E-state index in [1.807, 2.05) is 30.3 Å². The molecule has 3 heterocycles. The summed E-state index contributed by atoms with van der Waals surface area (Å²) in [6.07, 6.45) is 4.19. The second-order valence-corrected chi connectivity index (χ2v) is 6.64. The van der Waals surface area contributed by atoms with E-state index in [0.717, 1.165) is 17.7 Å². The van der Waals surface area contributed by atoms with Gasteiger partial charge in [0.2, 0.25) is 5.91 Å². The van der Waals surface area contributed by atoms with E-state index in [1.54, 1.807) is 22.2 Å². The summed E-state index contributed by atoms with van der Waals surface area (Å²) in [5.74, 6) is 1.17. The maximum absolute atomic E-state index is 12.7. The molecule has 28 heavy (non-hydrogen) atoms. The summed E-state index contributed by atoms with van der Waals surface area (Å²) in [6, 6.07) is 9.11. The highest BCUT2D eigenvalue weighted by Crippen LogP contribution is 2.34. The van der Waals surface area contributed by atoms with E-state index in [-0.39, 0.29) is 18.5 Å². The SMILES string of the molecule is O=C(CN1CCN(c2ccc3c(c2)OCCO3)C1=O)NCCc1ccncc1. The van der Waals surface area contributed by atoms with Crippen molar-refractivity contribution in [1.29, 1.82) is 0 Å². The Morgan fingerprint density at radius 3 is 2.68 bits per heavy atom. The molecular weight excluding hydrogens is 360 g/mol. The van der Waals surface area contributed by atoms with Gasteiger partial charge in [0, 0.05) is 43.8 Å². The van der Waals surface area contributed by atoms with Gasteiger partial charge in [0.15, 0.2) is 11.5 Å². The van der Waals surface area contributed by atoms with Gasteiger partial charge in [0.05, 0.1) is 0 Å². The van der Waals surface area contributed by atoms with Crippen LogP contribution in [-0.4, -0.2) is 61.2 Å². The van der Waals surface area contributed by atoms with E-state index in [2.05, 4.69) is 10.3 Å². The third-order valence-corrected chi connectivity index (χ3v) is 4.75. The molecule has 4 rings (SSSR count). The van der Waals surface area contributed by atoms with E-state index in [4.69, 9.17) is 9.47 Å². The van der Waals surface area contributed by atoms with Crippen LogP contribution in [0.4, 0.5) is 10.5 Å². The molecule has 0 aliphatic carbocycles. The molecule has 2 aliphatic rings. The fourth-order valence-electron chi connectivity index (χ4n) is 3.29. The summed E-state index contributed by atoms with van der Waals surface area (Å²) < 4.78 is 11.1. The fraction of sp³-hybridized carbons (Fsp3) is 0.350. The molecule has 0 unspecified atom stereocenters. The van der Waals surface area contributed by atoms with E-state index in [1.165, 1.54) is 0 Å². The van der Waals surface area contributed by atoms with E-state index < -0.39 is 0 Å². The lowest BCUT2D eigenvalue weighted by molar-refractivity contribution is -0.121. The Kier molecular flexibility index (Phi) is 5.27. The summed E-state index contributed by atoms with van der Waals surface area (Å²) in [5, 5.41) is 2.87. The second kappa shape index (κ2) is 8.16. The summed E-state index contributed by atoms with van der Waals surface area (Å²) in [4.78, 5) is 32.1. The molecule has 0 spiro atoms. The van der Waals surface area contributed by atoms with Crippen LogP contribution in [0.5, 0.6) is 11.5 Å². The number of anilines is 1. The Morgan fingerprint density at radius 1 is 1.07 bits per heavy atom. The molecule has 8 nitrogen and oxygen atoms in total. The molecule has 1 saturated heterocycles. The van der Waals surface area contributed by atoms with Crippen LogP contribution in [-0.2, 0) is 11.2 Å². The molecule has 1 fully saturated rings. The maximum atomic E-state index is 12.7. The minimum Gasteiger partial charge on any atom is -0.486 e. The van der Waals surface area contributed by atoms with Gasteiger partial charge in [-0.3, -0.25) is 14.7 Å². The molecule has 2 aromatic rings. The molecule has 146 valence electrons. The van der Waals surface area contributed by atoms with Crippen LogP contribution in [0, 0.1) is 0 Å². The van der Waals surface area contributed by atoms with Gasteiger partial charge in [-0.1, -0.05) is 0 Å². The molecule has 2 aliphatic heterocycles. The van der Waals surface area contributed by atoms with Gasteiger partial charge < -0.3 is 19.7 Å². The zero-order chi connectivity index (χ0) is 19.3. The molecule has 1 N–H and O–H groups in total. The standard InChI is InChI=1S/C20H22N4O4/c25-19(22-8-5-15-3-6-21-7-4-15)14-23-9-10-24(20(23)26)16-1-2-17-18(13-16)28-12-11-27-17/h1-4,6-7,13H,5,8-12,14H2,(H,22,25). The highest BCUT2D eigenvalue weighted by atomic mass is 16.6. The quantitative estimate of drug-likeness (QED) is 0.818. The average Bonchev–Trinajstić information content (AvgIpc) is 3.08. The monoisotopic (exact) mass is 382 g/mol. The van der Waals surface area contributed by atoms with Crippen molar-refractivity contribution in [1.82, 2.24) is 15.2 Å². The zero-order valence-corrected chi connectivity index (χ0v) is 15.5. The van der Waals surface area contributed by atoms with Gasteiger partial charge in [0.1, 0.15) is 19.8 Å². The predicted molar refractivity (Wildman–Crippen MR) is 103 cm³/mol. The molecule has 0 atom stereocenters. The lowest BCUT2D eigenvalue weighted by Gasteiger charge is -2.22. The molecule has 3 amide bonds. The number of urea groups is 1. The molecule has 0 radical (unpaired) electrons. The number of aromatic nitrogens is 1. The number of rotatable bonds is 6. The van der Waals surface area contributed by atoms with E-state index in [9.17, 15) is 9.59 Å². The first kappa shape index (κ1) is 18.1. The molecular formula is C20H22N4O4. The van der Waals surface area contributed by atoms with E-state index in [0.29, 0.717) is 44.3 Å². The number of amides is 3. The third kappa shape index (κ3) is 4.00. The van der Waals surface area contributed by atoms with Crippen LogP contribution < -0.4 is 19.7 Å². The summed E-state index contributed by atoms with van der Waals surface area (Å²) in [6.45, 7) is 2.63. The van der Waals surface area contributed by atoms with Gasteiger partial charge in [-0.25, -0.2) is 4.79 Å². The van der Waals surface area contributed by atoms with Crippen LogP contribution in [0.25, 0.3) is 0 Å². The predicted octanol–water partition coefficient (Wildman–Crippen LogP) is 1.45. The van der Waals surface area contributed by atoms with Gasteiger partial charge >= 0.3 is 6.03 Å². The van der Waals surface area contributed by atoms with Crippen molar-refractivity contribution in [2.24, 2.45) is 0 Å². The first-order chi connectivity index (χ1) is 13.7. The number of carbonyl (C=O) groups is 2. The van der Waals surface area contributed by atoms with Crippen molar-refractivity contribution >= 4 is 17.6 Å². The van der Waals surface area contributed by atoms with Crippen molar-refractivity contribution < 1.29 is 19.1 Å².